The molecule has 4 aromatic rings. The molecule has 3 amide bonds. The van der Waals surface area contributed by atoms with Gasteiger partial charge in [-0.3, -0.25) is 9.69 Å². The highest BCUT2D eigenvalue weighted by Gasteiger charge is 2.24. The Kier molecular flexibility index (Phi) is 6.09. The third-order valence-corrected chi connectivity index (χ3v) is 6.53. The van der Waals surface area contributed by atoms with Crippen LogP contribution in [0.15, 0.2) is 66.0 Å². The maximum absolute atomic E-state index is 12.9. The molecule has 5 rings (SSSR count). The number of carbonyl (C=O) groups is 2. The summed E-state index contributed by atoms with van der Waals surface area (Å²) >= 11 is 1.36. The van der Waals surface area contributed by atoms with Crippen LogP contribution in [0.4, 0.5) is 15.7 Å². The number of urea groups is 1. The van der Waals surface area contributed by atoms with Gasteiger partial charge < -0.3 is 10.6 Å². The standard InChI is InChI=1S/C25H24N6O2S/c1-17-7-5-6-10-20(17)21-14-22(31(29-21)15-18-8-3-2-4-9-18)28-23(32)13-19-16-34-25(27-19)30-12-11-26-24(30)33/h2-10,14,16H,11-13,15H2,1H3,(H,26,33)(H,28,32). The SMILES string of the molecule is Cc1ccccc1-c1cc(NC(=O)Cc2csc(N3CCNC3=O)n2)n(Cc2ccccc2)n1. The second-order valence-corrected chi connectivity index (χ2v) is 8.94. The molecule has 0 aliphatic carbocycles. The molecule has 1 fully saturated rings. The van der Waals surface area contributed by atoms with Crippen molar-refractivity contribution in [3.63, 3.8) is 0 Å². The number of amides is 3. The minimum Gasteiger partial charge on any atom is -0.336 e. The summed E-state index contributed by atoms with van der Waals surface area (Å²) in [5, 5.41) is 13.0. The van der Waals surface area contributed by atoms with E-state index in [4.69, 9.17) is 5.10 Å². The van der Waals surface area contributed by atoms with Crippen LogP contribution in [0.25, 0.3) is 11.3 Å². The first-order valence-corrected chi connectivity index (χ1v) is 11.9. The van der Waals surface area contributed by atoms with E-state index in [1.54, 1.807) is 4.90 Å². The molecule has 2 N–H and O–H groups in total. The van der Waals surface area contributed by atoms with E-state index in [-0.39, 0.29) is 18.4 Å². The van der Waals surface area contributed by atoms with E-state index in [2.05, 4.69) is 15.6 Å². The molecule has 34 heavy (non-hydrogen) atoms. The monoisotopic (exact) mass is 472 g/mol. The number of aryl methyl sites for hydroxylation is 1. The van der Waals surface area contributed by atoms with E-state index in [1.165, 1.54) is 11.3 Å². The summed E-state index contributed by atoms with van der Waals surface area (Å²) in [5.74, 6) is 0.440. The number of carbonyl (C=O) groups excluding carboxylic acids is 2. The molecule has 9 heteroatoms. The van der Waals surface area contributed by atoms with E-state index in [0.717, 1.165) is 22.4 Å². The molecule has 0 saturated carbocycles. The van der Waals surface area contributed by atoms with E-state index < -0.39 is 0 Å². The zero-order chi connectivity index (χ0) is 23.5. The largest absolute Gasteiger partial charge is 0.336 e. The fourth-order valence-electron chi connectivity index (χ4n) is 3.89. The minimum absolute atomic E-state index is 0.113. The highest BCUT2D eigenvalue weighted by molar-refractivity contribution is 7.14. The van der Waals surface area contributed by atoms with Crippen molar-refractivity contribution in [2.24, 2.45) is 0 Å². The first-order valence-electron chi connectivity index (χ1n) is 11.0. The van der Waals surface area contributed by atoms with Crippen molar-refractivity contribution in [1.29, 1.82) is 0 Å². The van der Waals surface area contributed by atoms with Crippen LogP contribution >= 0.6 is 11.3 Å². The molecular formula is C25H24N6O2S. The molecule has 0 unspecified atom stereocenters. The summed E-state index contributed by atoms with van der Waals surface area (Å²) in [6.45, 7) is 3.76. The fourth-order valence-corrected chi connectivity index (χ4v) is 4.74. The van der Waals surface area contributed by atoms with Crippen molar-refractivity contribution in [1.82, 2.24) is 20.1 Å². The first kappa shape index (κ1) is 21.8. The maximum Gasteiger partial charge on any atom is 0.323 e. The molecule has 1 saturated heterocycles. The topological polar surface area (TPSA) is 92.2 Å². The van der Waals surface area contributed by atoms with Gasteiger partial charge in [0.2, 0.25) is 5.91 Å². The molecule has 1 aliphatic rings. The van der Waals surface area contributed by atoms with Crippen LogP contribution in [-0.4, -0.2) is 39.8 Å². The lowest BCUT2D eigenvalue weighted by molar-refractivity contribution is -0.115. The highest BCUT2D eigenvalue weighted by atomic mass is 32.1. The van der Waals surface area contributed by atoms with Gasteiger partial charge in [0.15, 0.2) is 5.13 Å². The molecule has 0 atom stereocenters. The van der Waals surface area contributed by atoms with Gasteiger partial charge in [0.1, 0.15) is 5.82 Å². The van der Waals surface area contributed by atoms with Gasteiger partial charge in [-0.15, -0.1) is 11.3 Å². The van der Waals surface area contributed by atoms with Gasteiger partial charge in [0, 0.05) is 30.1 Å². The molecule has 0 spiro atoms. The molecule has 0 bridgehead atoms. The minimum atomic E-state index is -0.187. The van der Waals surface area contributed by atoms with Crippen LogP contribution in [0.1, 0.15) is 16.8 Å². The van der Waals surface area contributed by atoms with Crippen molar-refractivity contribution in [3.05, 3.63) is 82.9 Å². The van der Waals surface area contributed by atoms with Crippen molar-refractivity contribution in [3.8, 4) is 11.3 Å². The van der Waals surface area contributed by atoms with Gasteiger partial charge in [-0.2, -0.15) is 5.10 Å². The molecule has 172 valence electrons. The number of benzene rings is 2. The Morgan fingerprint density at radius 1 is 1.15 bits per heavy atom. The number of nitrogens with one attached hydrogen (secondary N) is 2. The molecule has 8 nitrogen and oxygen atoms in total. The lowest BCUT2D eigenvalue weighted by Gasteiger charge is -2.09. The number of thiazole rings is 1. The number of aromatic nitrogens is 3. The first-order chi connectivity index (χ1) is 16.6. The molecule has 2 aromatic carbocycles. The second kappa shape index (κ2) is 9.48. The number of anilines is 2. The lowest BCUT2D eigenvalue weighted by Crippen LogP contribution is -2.27. The van der Waals surface area contributed by atoms with E-state index in [1.807, 2.05) is 77.6 Å². The van der Waals surface area contributed by atoms with Crippen LogP contribution in [0.3, 0.4) is 0 Å². The van der Waals surface area contributed by atoms with Crippen molar-refractivity contribution >= 4 is 34.2 Å². The zero-order valence-corrected chi connectivity index (χ0v) is 19.5. The summed E-state index contributed by atoms with van der Waals surface area (Å²) in [6.07, 6.45) is 0.113. The van der Waals surface area contributed by atoms with E-state index in [0.29, 0.717) is 36.3 Å². The molecule has 1 aliphatic heterocycles. The summed E-state index contributed by atoms with van der Waals surface area (Å²) in [4.78, 5) is 30.9. The predicted octanol–water partition coefficient (Wildman–Crippen LogP) is 4.07. The van der Waals surface area contributed by atoms with Crippen LogP contribution in [0, 0.1) is 6.92 Å². The molecule has 3 heterocycles. The Bertz CT molecular complexity index is 1330. The Balaban J connectivity index is 1.36. The highest BCUT2D eigenvalue weighted by Crippen LogP contribution is 2.26. The Morgan fingerprint density at radius 3 is 2.71 bits per heavy atom. The molecule has 0 radical (unpaired) electrons. The third kappa shape index (κ3) is 4.69. The van der Waals surface area contributed by atoms with Crippen LogP contribution in [0.5, 0.6) is 0 Å². The summed E-state index contributed by atoms with van der Waals surface area (Å²) in [7, 11) is 0. The normalized spacial score (nSPS) is 13.2. The summed E-state index contributed by atoms with van der Waals surface area (Å²) in [5.41, 5.74) is 4.67. The summed E-state index contributed by atoms with van der Waals surface area (Å²) in [6, 6.07) is 19.8. The average molecular weight is 473 g/mol. The van der Waals surface area contributed by atoms with Gasteiger partial charge in [0.05, 0.1) is 24.4 Å². The average Bonchev–Trinajstić information content (AvgIpc) is 3.55. The fraction of sp³-hybridized carbons (Fsp3) is 0.200. The third-order valence-electron chi connectivity index (χ3n) is 5.61. The number of hydrogen-bond acceptors (Lipinski definition) is 5. The molecule has 2 aromatic heterocycles. The van der Waals surface area contributed by atoms with Crippen LogP contribution < -0.4 is 15.5 Å². The molecular weight excluding hydrogens is 448 g/mol. The summed E-state index contributed by atoms with van der Waals surface area (Å²) < 4.78 is 1.82. The zero-order valence-electron chi connectivity index (χ0n) is 18.7. The van der Waals surface area contributed by atoms with Gasteiger partial charge in [-0.05, 0) is 18.1 Å². The van der Waals surface area contributed by atoms with Crippen LogP contribution in [-0.2, 0) is 17.8 Å². The number of nitrogens with zero attached hydrogens (tertiary/aromatic N) is 4. The van der Waals surface area contributed by atoms with Crippen molar-refractivity contribution in [2.45, 2.75) is 19.9 Å². The number of hydrogen-bond donors (Lipinski definition) is 2. The lowest BCUT2D eigenvalue weighted by atomic mass is 10.1. The van der Waals surface area contributed by atoms with E-state index >= 15 is 0 Å². The van der Waals surface area contributed by atoms with Gasteiger partial charge in [0.25, 0.3) is 0 Å². The number of rotatable bonds is 7. The van der Waals surface area contributed by atoms with Crippen LogP contribution in [0.2, 0.25) is 0 Å². The van der Waals surface area contributed by atoms with Gasteiger partial charge in [-0.1, -0.05) is 54.6 Å². The van der Waals surface area contributed by atoms with Crippen molar-refractivity contribution in [2.75, 3.05) is 23.3 Å². The quantitative estimate of drug-likeness (QED) is 0.424. The van der Waals surface area contributed by atoms with E-state index in [9.17, 15) is 9.59 Å². The predicted molar refractivity (Wildman–Crippen MR) is 133 cm³/mol. The Labute approximate surface area is 201 Å². The smallest absolute Gasteiger partial charge is 0.323 e. The maximum atomic E-state index is 12.9. The Morgan fingerprint density at radius 2 is 1.94 bits per heavy atom. The van der Waals surface area contributed by atoms with Crippen molar-refractivity contribution < 1.29 is 9.59 Å². The van der Waals surface area contributed by atoms with Gasteiger partial charge in [-0.25, -0.2) is 14.5 Å². The Hall–Kier alpha value is -3.98. The van der Waals surface area contributed by atoms with Gasteiger partial charge >= 0.3 is 6.03 Å². The second-order valence-electron chi connectivity index (χ2n) is 8.10.